The van der Waals surface area contributed by atoms with E-state index in [1.807, 2.05) is 121 Å². The summed E-state index contributed by atoms with van der Waals surface area (Å²) in [6.45, 7) is 0. The summed E-state index contributed by atoms with van der Waals surface area (Å²) >= 11 is 0. The zero-order valence-corrected chi connectivity index (χ0v) is 21.8. The summed E-state index contributed by atoms with van der Waals surface area (Å²) in [5.41, 5.74) is -0.324. The highest BCUT2D eigenvalue weighted by Gasteiger charge is 2.52. The summed E-state index contributed by atoms with van der Waals surface area (Å²) in [5.74, 6) is 0. The van der Waals surface area contributed by atoms with Crippen LogP contribution in [0.15, 0.2) is 121 Å². The van der Waals surface area contributed by atoms with Crippen LogP contribution in [0.5, 0.6) is 0 Å². The maximum absolute atomic E-state index is 12.3. The van der Waals surface area contributed by atoms with E-state index in [2.05, 4.69) is 4.31 Å². The molecule has 1 unspecified atom stereocenters. The van der Waals surface area contributed by atoms with Crippen molar-refractivity contribution in [3.63, 3.8) is 0 Å². The van der Waals surface area contributed by atoms with E-state index in [9.17, 15) is 19.3 Å². The highest BCUT2D eigenvalue weighted by Crippen LogP contribution is 2.54. The molecule has 6 N–H and O–H groups in total. The summed E-state index contributed by atoms with van der Waals surface area (Å²) < 4.78 is 22.2. The van der Waals surface area contributed by atoms with Gasteiger partial charge in [-0.2, -0.15) is 4.31 Å². The van der Waals surface area contributed by atoms with Gasteiger partial charge in [-0.25, -0.2) is 9.13 Å². The molecule has 0 bridgehead atoms. The number of benzene rings is 4. The van der Waals surface area contributed by atoms with Gasteiger partial charge in [-0.15, -0.1) is 0 Å². The Hall–Kier alpha value is -2.94. The molecule has 0 spiro atoms. The average molecular weight is 558 g/mol. The second kappa shape index (κ2) is 12.3. The van der Waals surface area contributed by atoms with Crippen molar-refractivity contribution in [3.8, 4) is 0 Å². The van der Waals surface area contributed by atoms with Gasteiger partial charge in [-0.1, -0.05) is 121 Å². The molecule has 38 heavy (non-hydrogen) atoms. The molecule has 4 aromatic carbocycles. The third-order valence-corrected chi connectivity index (χ3v) is 7.45. The molecule has 9 nitrogen and oxygen atoms in total. The first kappa shape index (κ1) is 29.6. The Morgan fingerprint density at radius 2 is 0.842 bits per heavy atom. The lowest BCUT2D eigenvalue weighted by Gasteiger charge is -2.45. The highest BCUT2D eigenvalue weighted by molar-refractivity contribution is 7.60. The first-order valence-electron chi connectivity index (χ1n) is 11.3. The summed E-state index contributed by atoms with van der Waals surface area (Å²) in [4.78, 5) is 31.0. The van der Waals surface area contributed by atoms with E-state index in [0.29, 0.717) is 16.7 Å². The van der Waals surface area contributed by atoms with Gasteiger partial charge < -0.3 is 29.8 Å². The van der Waals surface area contributed by atoms with Crippen molar-refractivity contribution in [2.24, 2.45) is 0 Å². The average Bonchev–Trinajstić information content (AvgIpc) is 2.88. The van der Waals surface area contributed by atoms with Crippen molar-refractivity contribution in [3.05, 3.63) is 144 Å². The quantitative estimate of drug-likeness (QED) is 0.174. The van der Waals surface area contributed by atoms with E-state index in [0.717, 1.165) is 5.56 Å². The molecule has 0 fully saturated rings. The lowest BCUT2D eigenvalue weighted by molar-refractivity contribution is -0.140. The normalized spacial score (nSPS) is 13.6. The van der Waals surface area contributed by atoms with Gasteiger partial charge in [0, 0.05) is 6.42 Å². The van der Waals surface area contributed by atoms with Crippen LogP contribution >= 0.6 is 15.6 Å². The van der Waals surface area contributed by atoms with Crippen LogP contribution < -0.4 is 0 Å². The minimum absolute atomic E-state index is 0.262. The van der Waals surface area contributed by atoms with Crippen LogP contribution in [0.25, 0.3) is 0 Å². The maximum Gasteiger partial charge on any atom is 0.478 e. The van der Waals surface area contributed by atoms with E-state index in [1.165, 1.54) is 0 Å². The van der Waals surface area contributed by atoms with Gasteiger partial charge in [-0.05, 0) is 22.3 Å². The highest BCUT2D eigenvalue weighted by atomic mass is 31.3. The van der Waals surface area contributed by atoms with Gasteiger partial charge in [0.05, 0.1) is 0 Å². The zero-order chi connectivity index (χ0) is 27.9. The second-order valence-corrected chi connectivity index (χ2v) is 11.0. The molecule has 0 aliphatic rings. The Bertz CT molecular complexity index is 1320. The number of aliphatic hydroxyl groups is 2. The molecule has 0 aliphatic carbocycles. The number of phosphoric acid groups is 2. The van der Waals surface area contributed by atoms with Crippen LogP contribution in [0.4, 0.5) is 0 Å². The molecule has 0 saturated carbocycles. The lowest BCUT2D eigenvalue weighted by Crippen LogP contribution is -2.51. The molecule has 4 aromatic rings. The van der Waals surface area contributed by atoms with Crippen LogP contribution in [-0.2, 0) is 31.1 Å². The molecule has 0 aliphatic heterocycles. The topological polar surface area (TPSA) is 165 Å². The second-order valence-electron chi connectivity index (χ2n) is 8.39. The van der Waals surface area contributed by atoms with Crippen molar-refractivity contribution in [2.75, 3.05) is 0 Å². The number of hydrogen-bond acceptors (Lipinski definition) is 5. The molecule has 0 amide bonds. The smallest absolute Gasteiger partial charge is 0.381 e. The molecular formula is C27H28O9P2. The molecule has 0 saturated heterocycles. The van der Waals surface area contributed by atoms with Crippen molar-refractivity contribution < 1.29 is 43.2 Å². The van der Waals surface area contributed by atoms with Gasteiger partial charge >= 0.3 is 15.6 Å². The third-order valence-electron chi connectivity index (χ3n) is 5.75. The van der Waals surface area contributed by atoms with E-state index < -0.39 is 26.8 Å². The van der Waals surface area contributed by atoms with Crippen LogP contribution in [0, 0.1) is 0 Å². The molecule has 11 heteroatoms. The zero-order valence-electron chi connectivity index (χ0n) is 20.1. The summed E-state index contributed by atoms with van der Waals surface area (Å²) in [7, 11) is -10.1. The van der Waals surface area contributed by atoms with E-state index in [-0.39, 0.29) is 6.42 Å². The molecule has 0 heterocycles. The van der Waals surface area contributed by atoms with Gasteiger partial charge in [0.25, 0.3) is 0 Å². The molecule has 200 valence electrons. The van der Waals surface area contributed by atoms with Gasteiger partial charge in [0.1, 0.15) is 11.2 Å². The summed E-state index contributed by atoms with van der Waals surface area (Å²) in [5, 5.41) is 24.6. The van der Waals surface area contributed by atoms with Crippen molar-refractivity contribution >= 4 is 15.6 Å². The van der Waals surface area contributed by atoms with Crippen molar-refractivity contribution in [1.82, 2.24) is 0 Å². The molecular weight excluding hydrogens is 530 g/mol. The van der Waals surface area contributed by atoms with Gasteiger partial charge in [-0.3, -0.25) is 0 Å². The van der Waals surface area contributed by atoms with Gasteiger partial charge in [0.2, 0.25) is 0 Å². The molecule has 1 atom stereocenters. The Morgan fingerprint density at radius 3 is 1.16 bits per heavy atom. The first-order chi connectivity index (χ1) is 17.9. The van der Waals surface area contributed by atoms with Crippen LogP contribution in [0.1, 0.15) is 22.3 Å². The number of hydrogen-bond donors (Lipinski definition) is 6. The summed E-state index contributed by atoms with van der Waals surface area (Å²) in [6, 6.07) is 38.1. The Morgan fingerprint density at radius 1 is 0.526 bits per heavy atom. The Kier molecular flexibility index (Phi) is 9.57. The minimum Gasteiger partial charge on any atom is -0.381 e. The van der Waals surface area contributed by atoms with Crippen LogP contribution in [-0.4, -0.2) is 29.8 Å². The van der Waals surface area contributed by atoms with Crippen molar-refractivity contribution in [2.45, 2.75) is 17.6 Å². The van der Waals surface area contributed by atoms with Crippen LogP contribution in [0.3, 0.4) is 0 Å². The Labute approximate surface area is 220 Å². The first-order valence-corrected chi connectivity index (χ1v) is 14.4. The van der Waals surface area contributed by atoms with Crippen LogP contribution in [0.2, 0.25) is 0 Å². The van der Waals surface area contributed by atoms with E-state index in [4.69, 9.17) is 19.6 Å². The van der Waals surface area contributed by atoms with E-state index >= 15 is 0 Å². The largest absolute Gasteiger partial charge is 0.478 e. The Balaban J connectivity index is 0.000000383. The molecule has 0 aromatic heterocycles. The fourth-order valence-corrected chi connectivity index (χ4v) is 5.29. The molecule has 4 rings (SSSR count). The SMILES string of the molecule is O=P(O)(O)OP(=O)(O)O.OC(Cc1ccccc1)(c1ccccc1)C(O)(c1ccccc1)c1ccccc1. The predicted molar refractivity (Wildman–Crippen MR) is 142 cm³/mol. The predicted octanol–water partition coefficient (Wildman–Crippen LogP) is 4.24. The van der Waals surface area contributed by atoms with E-state index in [1.54, 1.807) is 0 Å². The summed E-state index contributed by atoms with van der Waals surface area (Å²) in [6.07, 6.45) is 0.262. The fourth-order valence-electron chi connectivity index (χ4n) is 4.19. The standard InChI is InChI=1S/C27H24O2.H4O7P2/c28-26(23-15-7-2-8-16-23,21-22-13-5-1-6-14-22)27(29,24-17-9-3-10-18-24)25-19-11-4-12-20-25;1-8(2,3)7-9(4,5)6/h1-20,28-29H,21H2;(H2,1,2,3)(H2,4,5,6). The fraction of sp³-hybridized carbons (Fsp3) is 0.111. The van der Waals surface area contributed by atoms with Crippen molar-refractivity contribution in [1.29, 1.82) is 0 Å². The monoisotopic (exact) mass is 558 g/mol. The lowest BCUT2D eigenvalue weighted by atomic mass is 9.67. The van der Waals surface area contributed by atoms with Gasteiger partial charge in [0.15, 0.2) is 0 Å². The third kappa shape index (κ3) is 7.56. The minimum atomic E-state index is -5.05. The number of rotatable bonds is 8. The maximum atomic E-state index is 12.3. The molecule has 0 radical (unpaired) electrons.